The Morgan fingerprint density at radius 2 is 0.964 bits per heavy atom. The molecule has 0 radical (unpaired) electrons. The molecule has 0 aliphatic heterocycles. The standard InChI is InChI=1S/C24H26O4/c1-19(21-13-7-5-8-14-21)23(25)27-17-11-3-4-12-18-28-24(26)20(2)22-15-9-6-10-16-22/h5-10,13-16H,1-4,11-12,17-18H2. The maximum absolute atomic E-state index is 11.9. The van der Waals surface area contributed by atoms with Crippen molar-refractivity contribution in [1.82, 2.24) is 0 Å². The first-order valence-corrected chi connectivity index (χ1v) is 9.42. The summed E-state index contributed by atoms with van der Waals surface area (Å²) in [7, 11) is 0. The van der Waals surface area contributed by atoms with Gasteiger partial charge in [-0.2, -0.15) is 0 Å². The molecule has 0 unspecified atom stereocenters. The van der Waals surface area contributed by atoms with E-state index in [9.17, 15) is 9.59 Å². The first-order valence-electron chi connectivity index (χ1n) is 9.42. The van der Waals surface area contributed by atoms with Crippen LogP contribution in [0.5, 0.6) is 0 Å². The average molecular weight is 378 g/mol. The Balaban J connectivity index is 1.53. The molecule has 0 bridgehead atoms. The zero-order valence-corrected chi connectivity index (χ0v) is 16.1. The van der Waals surface area contributed by atoms with Gasteiger partial charge in [0, 0.05) is 0 Å². The zero-order valence-electron chi connectivity index (χ0n) is 16.1. The van der Waals surface area contributed by atoms with E-state index in [4.69, 9.17) is 9.47 Å². The number of esters is 2. The Morgan fingerprint density at radius 3 is 1.32 bits per heavy atom. The molecule has 0 saturated carbocycles. The number of carbonyl (C=O) groups excluding carboxylic acids is 2. The zero-order chi connectivity index (χ0) is 20.2. The molecule has 28 heavy (non-hydrogen) atoms. The SMILES string of the molecule is C=C(C(=O)OCCCCCCOC(=O)C(=C)c1ccccc1)c1ccccc1. The largest absolute Gasteiger partial charge is 0.462 e. The molecular weight excluding hydrogens is 352 g/mol. The monoisotopic (exact) mass is 378 g/mol. The second kappa shape index (κ2) is 11.5. The smallest absolute Gasteiger partial charge is 0.338 e. The number of hydrogen-bond acceptors (Lipinski definition) is 4. The van der Waals surface area contributed by atoms with Crippen molar-refractivity contribution < 1.29 is 19.1 Å². The van der Waals surface area contributed by atoms with Crippen LogP contribution in [0.4, 0.5) is 0 Å². The van der Waals surface area contributed by atoms with Gasteiger partial charge in [-0.25, -0.2) is 9.59 Å². The van der Waals surface area contributed by atoms with Gasteiger partial charge < -0.3 is 9.47 Å². The third kappa shape index (κ3) is 6.88. The van der Waals surface area contributed by atoms with E-state index < -0.39 is 0 Å². The molecule has 0 spiro atoms. The van der Waals surface area contributed by atoms with Crippen LogP contribution in [0, 0.1) is 0 Å². The molecule has 0 amide bonds. The van der Waals surface area contributed by atoms with Crippen molar-refractivity contribution >= 4 is 23.1 Å². The number of carbonyl (C=O) groups is 2. The highest BCUT2D eigenvalue weighted by molar-refractivity contribution is 6.16. The molecule has 0 N–H and O–H groups in total. The lowest BCUT2D eigenvalue weighted by atomic mass is 10.1. The summed E-state index contributed by atoms with van der Waals surface area (Å²) in [6.45, 7) is 8.29. The fourth-order valence-electron chi connectivity index (χ4n) is 2.58. The van der Waals surface area contributed by atoms with Crippen molar-refractivity contribution in [3.8, 4) is 0 Å². The topological polar surface area (TPSA) is 52.6 Å². The van der Waals surface area contributed by atoms with Gasteiger partial charge in [-0.15, -0.1) is 0 Å². The minimum atomic E-state index is -0.389. The number of rotatable bonds is 11. The van der Waals surface area contributed by atoms with Crippen LogP contribution in [0.2, 0.25) is 0 Å². The summed E-state index contributed by atoms with van der Waals surface area (Å²) < 4.78 is 10.5. The quantitative estimate of drug-likeness (QED) is 0.312. The van der Waals surface area contributed by atoms with E-state index in [1.54, 1.807) is 0 Å². The van der Waals surface area contributed by atoms with Gasteiger partial charge in [0.05, 0.1) is 24.4 Å². The van der Waals surface area contributed by atoms with Crippen molar-refractivity contribution in [2.24, 2.45) is 0 Å². The van der Waals surface area contributed by atoms with E-state index in [2.05, 4.69) is 13.2 Å². The van der Waals surface area contributed by atoms with E-state index in [1.165, 1.54) is 0 Å². The summed E-state index contributed by atoms with van der Waals surface area (Å²) in [5.74, 6) is -0.779. The predicted molar refractivity (Wildman–Crippen MR) is 111 cm³/mol. The Labute approximate surface area is 166 Å². The van der Waals surface area contributed by atoms with Gasteiger partial charge in [0.1, 0.15) is 0 Å². The molecule has 0 aliphatic carbocycles. The van der Waals surface area contributed by atoms with Gasteiger partial charge in [-0.1, -0.05) is 73.8 Å². The van der Waals surface area contributed by atoms with Crippen LogP contribution in [-0.2, 0) is 19.1 Å². The molecule has 0 saturated heterocycles. The van der Waals surface area contributed by atoms with Crippen LogP contribution >= 0.6 is 0 Å². The van der Waals surface area contributed by atoms with Gasteiger partial charge in [0.2, 0.25) is 0 Å². The molecule has 0 aliphatic rings. The number of hydrogen-bond donors (Lipinski definition) is 0. The van der Waals surface area contributed by atoms with Crippen LogP contribution in [0.25, 0.3) is 11.1 Å². The Bertz CT molecular complexity index is 724. The molecule has 4 nitrogen and oxygen atoms in total. The highest BCUT2D eigenvalue weighted by Gasteiger charge is 2.11. The van der Waals surface area contributed by atoms with Gasteiger partial charge in [0.15, 0.2) is 0 Å². The molecule has 0 aromatic heterocycles. The lowest BCUT2D eigenvalue weighted by Gasteiger charge is -2.08. The third-order valence-corrected chi connectivity index (χ3v) is 4.24. The Kier molecular flexibility index (Phi) is 8.73. The number of benzene rings is 2. The van der Waals surface area contributed by atoms with Gasteiger partial charge in [0.25, 0.3) is 0 Å². The second-order valence-corrected chi connectivity index (χ2v) is 6.38. The van der Waals surface area contributed by atoms with E-state index in [-0.39, 0.29) is 11.9 Å². The molecule has 0 heterocycles. The molecule has 4 heteroatoms. The van der Waals surface area contributed by atoms with Gasteiger partial charge >= 0.3 is 11.9 Å². The van der Waals surface area contributed by atoms with E-state index in [1.807, 2.05) is 60.7 Å². The summed E-state index contributed by atoms with van der Waals surface area (Å²) in [5.41, 5.74) is 2.27. The fourth-order valence-corrected chi connectivity index (χ4v) is 2.58. The van der Waals surface area contributed by atoms with Crippen LogP contribution < -0.4 is 0 Å². The lowest BCUT2D eigenvalue weighted by molar-refractivity contribution is -0.137. The third-order valence-electron chi connectivity index (χ3n) is 4.24. The summed E-state index contributed by atoms with van der Waals surface area (Å²) in [4.78, 5) is 23.9. The maximum Gasteiger partial charge on any atom is 0.338 e. The average Bonchev–Trinajstić information content (AvgIpc) is 2.75. The molecule has 2 aromatic rings. The highest BCUT2D eigenvalue weighted by atomic mass is 16.5. The molecule has 0 fully saturated rings. The van der Waals surface area contributed by atoms with Crippen LogP contribution in [-0.4, -0.2) is 25.2 Å². The highest BCUT2D eigenvalue weighted by Crippen LogP contribution is 2.15. The first-order chi connectivity index (χ1) is 13.6. The predicted octanol–water partition coefficient (Wildman–Crippen LogP) is 5.06. The maximum atomic E-state index is 11.9. The molecule has 2 aromatic carbocycles. The van der Waals surface area contributed by atoms with Crippen molar-refractivity contribution in [3.63, 3.8) is 0 Å². The lowest BCUT2D eigenvalue weighted by Crippen LogP contribution is -2.08. The fraction of sp³-hybridized carbons (Fsp3) is 0.250. The van der Waals surface area contributed by atoms with Crippen LogP contribution in [0.1, 0.15) is 36.8 Å². The van der Waals surface area contributed by atoms with Gasteiger partial charge in [-0.3, -0.25) is 0 Å². The van der Waals surface area contributed by atoms with Crippen LogP contribution in [0.15, 0.2) is 73.8 Å². The molecule has 146 valence electrons. The normalized spacial score (nSPS) is 10.1. The van der Waals surface area contributed by atoms with Crippen molar-refractivity contribution in [2.75, 3.05) is 13.2 Å². The summed E-state index contributed by atoms with van der Waals surface area (Å²) in [6.07, 6.45) is 3.31. The van der Waals surface area contributed by atoms with Crippen molar-refractivity contribution in [2.45, 2.75) is 25.7 Å². The van der Waals surface area contributed by atoms with E-state index in [0.29, 0.717) is 24.4 Å². The van der Waals surface area contributed by atoms with E-state index in [0.717, 1.165) is 36.8 Å². The second-order valence-electron chi connectivity index (χ2n) is 6.38. The summed E-state index contributed by atoms with van der Waals surface area (Å²) in [6, 6.07) is 18.5. The van der Waals surface area contributed by atoms with Crippen molar-refractivity contribution in [1.29, 1.82) is 0 Å². The Morgan fingerprint density at radius 1 is 0.607 bits per heavy atom. The molecule has 0 atom stereocenters. The minimum absolute atomic E-state index is 0.356. The minimum Gasteiger partial charge on any atom is -0.462 e. The van der Waals surface area contributed by atoms with E-state index >= 15 is 0 Å². The summed E-state index contributed by atoms with van der Waals surface area (Å²) >= 11 is 0. The number of ether oxygens (including phenoxy) is 2. The number of unbranched alkanes of at least 4 members (excludes halogenated alkanes) is 3. The first kappa shape index (κ1) is 21.2. The Hall–Kier alpha value is -3.14. The van der Waals surface area contributed by atoms with Crippen molar-refractivity contribution in [3.05, 3.63) is 84.9 Å². The molecule has 2 rings (SSSR count). The van der Waals surface area contributed by atoms with Crippen LogP contribution in [0.3, 0.4) is 0 Å². The van der Waals surface area contributed by atoms with Gasteiger partial charge in [-0.05, 0) is 36.8 Å². The summed E-state index contributed by atoms with van der Waals surface area (Å²) in [5, 5.41) is 0. The molecular formula is C24H26O4.